The van der Waals surface area contributed by atoms with Gasteiger partial charge in [-0.15, -0.1) is 0 Å². The SMILES string of the molecule is COc1ccc(COCC(C)C)cc1CN. The molecular formula is C13H21NO2. The van der Waals surface area contributed by atoms with Gasteiger partial charge >= 0.3 is 0 Å². The molecule has 3 heteroatoms. The third-order valence-electron chi connectivity index (χ3n) is 2.28. The molecule has 0 saturated carbocycles. The van der Waals surface area contributed by atoms with Crippen LogP contribution in [0.25, 0.3) is 0 Å². The van der Waals surface area contributed by atoms with Crippen molar-refractivity contribution in [2.45, 2.75) is 27.0 Å². The highest BCUT2D eigenvalue weighted by Crippen LogP contribution is 2.19. The Morgan fingerprint density at radius 1 is 1.31 bits per heavy atom. The second-order valence-corrected chi connectivity index (χ2v) is 4.26. The quantitative estimate of drug-likeness (QED) is 0.805. The van der Waals surface area contributed by atoms with Crippen molar-refractivity contribution in [3.63, 3.8) is 0 Å². The van der Waals surface area contributed by atoms with E-state index in [-0.39, 0.29) is 0 Å². The predicted molar refractivity (Wildman–Crippen MR) is 65.4 cm³/mol. The fraction of sp³-hybridized carbons (Fsp3) is 0.538. The van der Waals surface area contributed by atoms with Gasteiger partial charge in [0.2, 0.25) is 0 Å². The molecule has 0 heterocycles. The zero-order valence-corrected chi connectivity index (χ0v) is 10.3. The summed E-state index contributed by atoms with van der Waals surface area (Å²) in [6.45, 7) is 6.18. The third-order valence-corrected chi connectivity index (χ3v) is 2.28. The van der Waals surface area contributed by atoms with Crippen molar-refractivity contribution < 1.29 is 9.47 Å². The van der Waals surface area contributed by atoms with E-state index < -0.39 is 0 Å². The Hall–Kier alpha value is -1.06. The van der Waals surface area contributed by atoms with Crippen molar-refractivity contribution in [3.05, 3.63) is 29.3 Å². The molecule has 16 heavy (non-hydrogen) atoms. The highest BCUT2D eigenvalue weighted by molar-refractivity contribution is 5.36. The van der Waals surface area contributed by atoms with Crippen LogP contribution < -0.4 is 10.5 Å². The molecule has 0 fully saturated rings. The second kappa shape index (κ2) is 6.51. The molecule has 0 bridgehead atoms. The van der Waals surface area contributed by atoms with Crippen LogP contribution in [0.1, 0.15) is 25.0 Å². The molecule has 0 aliphatic rings. The fourth-order valence-corrected chi connectivity index (χ4v) is 1.49. The number of methoxy groups -OCH3 is 1. The Labute approximate surface area is 97.6 Å². The molecule has 0 radical (unpaired) electrons. The van der Waals surface area contributed by atoms with Gasteiger partial charge in [0.05, 0.1) is 13.7 Å². The monoisotopic (exact) mass is 223 g/mol. The Bertz CT molecular complexity index is 324. The van der Waals surface area contributed by atoms with Crippen LogP contribution in [0.2, 0.25) is 0 Å². The molecule has 0 aliphatic carbocycles. The normalized spacial score (nSPS) is 10.8. The van der Waals surface area contributed by atoms with Crippen LogP contribution in [-0.2, 0) is 17.9 Å². The van der Waals surface area contributed by atoms with E-state index in [0.717, 1.165) is 23.5 Å². The van der Waals surface area contributed by atoms with E-state index in [1.807, 2.05) is 18.2 Å². The largest absolute Gasteiger partial charge is 0.496 e. The fourth-order valence-electron chi connectivity index (χ4n) is 1.49. The Morgan fingerprint density at radius 3 is 2.62 bits per heavy atom. The van der Waals surface area contributed by atoms with Gasteiger partial charge in [-0.2, -0.15) is 0 Å². The number of nitrogens with two attached hydrogens (primary N) is 1. The maximum atomic E-state index is 5.65. The van der Waals surface area contributed by atoms with Crippen LogP contribution in [-0.4, -0.2) is 13.7 Å². The lowest BCUT2D eigenvalue weighted by atomic mass is 10.1. The van der Waals surface area contributed by atoms with Gasteiger partial charge in [0, 0.05) is 18.7 Å². The zero-order chi connectivity index (χ0) is 12.0. The van der Waals surface area contributed by atoms with E-state index in [2.05, 4.69) is 13.8 Å². The summed E-state index contributed by atoms with van der Waals surface area (Å²) >= 11 is 0. The van der Waals surface area contributed by atoms with Crippen LogP contribution >= 0.6 is 0 Å². The van der Waals surface area contributed by atoms with E-state index in [1.165, 1.54) is 0 Å². The summed E-state index contributed by atoms with van der Waals surface area (Å²) in [7, 11) is 1.66. The second-order valence-electron chi connectivity index (χ2n) is 4.26. The smallest absolute Gasteiger partial charge is 0.123 e. The van der Waals surface area contributed by atoms with Crippen molar-refractivity contribution >= 4 is 0 Å². The summed E-state index contributed by atoms with van der Waals surface area (Å²) in [6.07, 6.45) is 0. The number of ether oxygens (including phenoxy) is 2. The molecule has 1 aromatic rings. The summed E-state index contributed by atoms with van der Waals surface area (Å²) in [6, 6.07) is 5.99. The molecule has 1 aromatic carbocycles. The van der Waals surface area contributed by atoms with Gasteiger partial charge in [0.15, 0.2) is 0 Å². The molecule has 0 atom stereocenters. The molecule has 90 valence electrons. The van der Waals surface area contributed by atoms with Crippen molar-refractivity contribution in [3.8, 4) is 5.75 Å². The minimum atomic E-state index is 0.487. The van der Waals surface area contributed by atoms with Gasteiger partial charge < -0.3 is 15.2 Å². The van der Waals surface area contributed by atoms with Crippen molar-refractivity contribution in [1.82, 2.24) is 0 Å². The minimum absolute atomic E-state index is 0.487. The van der Waals surface area contributed by atoms with Crippen LogP contribution in [0.4, 0.5) is 0 Å². The zero-order valence-electron chi connectivity index (χ0n) is 10.3. The van der Waals surface area contributed by atoms with Crippen molar-refractivity contribution in [2.75, 3.05) is 13.7 Å². The lowest BCUT2D eigenvalue weighted by molar-refractivity contribution is 0.0970. The molecule has 2 N–H and O–H groups in total. The van der Waals surface area contributed by atoms with E-state index in [0.29, 0.717) is 19.1 Å². The Balaban J connectivity index is 2.60. The average Bonchev–Trinajstić information content (AvgIpc) is 2.28. The minimum Gasteiger partial charge on any atom is -0.496 e. The number of hydrogen-bond donors (Lipinski definition) is 1. The van der Waals surface area contributed by atoms with Gasteiger partial charge in [-0.1, -0.05) is 19.9 Å². The van der Waals surface area contributed by atoms with E-state index in [1.54, 1.807) is 7.11 Å². The predicted octanol–water partition coefficient (Wildman–Crippen LogP) is 2.33. The third kappa shape index (κ3) is 3.83. The molecule has 0 unspecified atom stereocenters. The lowest BCUT2D eigenvalue weighted by Gasteiger charge is -2.10. The van der Waals surface area contributed by atoms with Gasteiger partial charge in [-0.3, -0.25) is 0 Å². The Kier molecular flexibility index (Phi) is 5.29. The summed E-state index contributed by atoms with van der Waals surface area (Å²) in [4.78, 5) is 0. The Morgan fingerprint density at radius 2 is 2.06 bits per heavy atom. The van der Waals surface area contributed by atoms with E-state index in [9.17, 15) is 0 Å². The average molecular weight is 223 g/mol. The molecule has 1 rings (SSSR count). The van der Waals surface area contributed by atoms with Crippen LogP contribution in [0.3, 0.4) is 0 Å². The standard InChI is InChI=1S/C13H21NO2/c1-10(2)8-16-9-11-4-5-13(15-3)12(6-11)7-14/h4-6,10H,7-9,14H2,1-3H3. The van der Waals surface area contributed by atoms with E-state index in [4.69, 9.17) is 15.2 Å². The molecule has 3 nitrogen and oxygen atoms in total. The molecule has 0 spiro atoms. The number of rotatable bonds is 6. The summed E-state index contributed by atoms with van der Waals surface area (Å²) in [5, 5.41) is 0. The van der Waals surface area contributed by atoms with Crippen molar-refractivity contribution in [2.24, 2.45) is 11.7 Å². The van der Waals surface area contributed by atoms with Gasteiger partial charge in [-0.25, -0.2) is 0 Å². The van der Waals surface area contributed by atoms with E-state index >= 15 is 0 Å². The van der Waals surface area contributed by atoms with Crippen LogP contribution in [0, 0.1) is 5.92 Å². The van der Waals surface area contributed by atoms with Gasteiger partial charge in [0.25, 0.3) is 0 Å². The lowest BCUT2D eigenvalue weighted by Crippen LogP contribution is -2.04. The first-order valence-corrected chi connectivity index (χ1v) is 5.61. The highest BCUT2D eigenvalue weighted by atomic mass is 16.5. The topological polar surface area (TPSA) is 44.5 Å². The highest BCUT2D eigenvalue weighted by Gasteiger charge is 2.03. The molecule has 0 aliphatic heterocycles. The van der Waals surface area contributed by atoms with Crippen LogP contribution in [0.15, 0.2) is 18.2 Å². The molecule has 0 aromatic heterocycles. The van der Waals surface area contributed by atoms with Crippen LogP contribution in [0.5, 0.6) is 5.75 Å². The maximum Gasteiger partial charge on any atom is 0.123 e. The van der Waals surface area contributed by atoms with Gasteiger partial charge in [-0.05, 0) is 23.6 Å². The maximum absolute atomic E-state index is 5.65. The first-order valence-electron chi connectivity index (χ1n) is 5.61. The molecule has 0 saturated heterocycles. The van der Waals surface area contributed by atoms with Crippen molar-refractivity contribution in [1.29, 1.82) is 0 Å². The number of hydrogen-bond acceptors (Lipinski definition) is 3. The first kappa shape index (κ1) is 13.0. The summed E-state index contributed by atoms with van der Waals surface area (Å²) < 4.78 is 10.8. The molecule has 0 amide bonds. The summed E-state index contributed by atoms with van der Waals surface area (Å²) in [5.74, 6) is 1.40. The summed E-state index contributed by atoms with van der Waals surface area (Å²) in [5.41, 5.74) is 7.81. The molecular weight excluding hydrogens is 202 g/mol. The van der Waals surface area contributed by atoms with Gasteiger partial charge in [0.1, 0.15) is 5.75 Å². The number of benzene rings is 1. The first-order chi connectivity index (χ1) is 7.67.